The zero-order valence-corrected chi connectivity index (χ0v) is 15.3. The van der Waals surface area contributed by atoms with Gasteiger partial charge in [0.05, 0.1) is 7.11 Å². The van der Waals surface area contributed by atoms with Crippen molar-refractivity contribution in [2.45, 2.75) is 45.3 Å². The van der Waals surface area contributed by atoms with Crippen molar-refractivity contribution in [2.24, 2.45) is 0 Å². The number of anilines is 1. The van der Waals surface area contributed by atoms with Crippen LogP contribution in [0.4, 0.5) is 15.3 Å². The Hall–Kier alpha value is -2.44. The summed E-state index contributed by atoms with van der Waals surface area (Å²) in [6.07, 6.45) is 1.11. The normalized spacial score (nSPS) is 15.4. The van der Waals surface area contributed by atoms with Crippen molar-refractivity contribution >= 4 is 17.8 Å². The van der Waals surface area contributed by atoms with Crippen molar-refractivity contribution in [2.75, 3.05) is 25.5 Å². The van der Waals surface area contributed by atoms with Crippen molar-refractivity contribution in [1.29, 1.82) is 0 Å². The van der Waals surface area contributed by atoms with Crippen molar-refractivity contribution in [3.05, 3.63) is 24.3 Å². The second-order valence-corrected chi connectivity index (χ2v) is 7.07. The molecule has 0 aliphatic carbocycles. The Morgan fingerprint density at radius 2 is 1.72 bits per heavy atom. The number of urea groups is 1. The van der Waals surface area contributed by atoms with Crippen LogP contribution in [0.25, 0.3) is 0 Å². The summed E-state index contributed by atoms with van der Waals surface area (Å²) in [5.41, 5.74) is 0.203. The molecule has 25 heavy (non-hydrogen) atoms. The van der Waals surface area contributed by atoms with E-state index in [2.05, 4.69) is 10.6 Å². The maximum absolute atomic E-state index is 12.1. The summed E-state index contributed by atoms with van der Waals surface area (Å²) in [4.78, 5) is 25.8. The number of hydrogen-bond donors (Lipinski definition) is 2. The third kappa shape index (κ3) is 6.17. The fourth-order valence-electron chi connectivity index (χ4n) is 2.56. The summed E-state index contributed by atoms with van der Waals surface area (Å²) in [6.45, 7) is 6.69. The third-order valence-electron chi connectivity index (χ3n) is 3.83. The summed E-state index contributed by atoms with van der Waals surface area (Å²) in [5.74, 6) is 0.737. The van der Waals surface area contributed by atoms with Crippen LogP contribution in [0.5, 0.6) is 5.75 Å². The number of methoxy groups -OCH3 is 1. The molecule has 138 valence electrons. The van der Waals surface area contributed by atoms with E-state index in [9.17, 15) is 9.59 Å². The molecule has 7 nitrogen and oxygen atoms in total. The van der Waals surface area contributed by atoms with E-state index in [1.54, 1.807) is 36.3 Å². The Balaban J connectivity index is 1.75. The lowest BCUT2D eigenvalue weighted by Crippen LogP contribution is -2.48. The third-order valence-corrected chi connectivity index (χ3v) is 3.83. The van der Waals surface area contributed by atoms with E-state index >= 15 is 0 Å². The average Bonchev–Trinajstić information content (AvgIpc) is 2.54. The molecule has 2 N–H and O–H groups in total. The Labute approximate surface area is 148 Å². The lowest BCUT2D eigenvalue weighted by molar-refractivity contribution is 0.0202. The number of benzene rings is 1. The second-order valence-electron chi connectivity index (χ2n) is 7.07. The van der Waals surface area contributed by atoms with Crippen LogP contribution in [0.3, 0.4) is 0 Å². The van der Waals surface area contributed by atoms with E-state index in [0.717, 1.165) is 5.75 Å². The molecule has 0 radical (unpaired) electrons. The van der Waals surface area contributed by atoms with E-state index < -0.39 is 5.60 Å². The molecule has 1 aromatic carbocycles. The topological polar surface area (TPSA) is 79.9 Å². The number of amides is 3. The highest BCUT2D eigenvalue weighted by Crippen LogP contribution is 2.17. The van der Waals surface area contributed by atoms with Gasteiger partial charge < -0.3 is 25.0 Å². The molecule has 1 fully saturated rings. The molecule has 3 amide bonds. The molecule has 0 bridgehead atoms. The molecule has 1 aromatic rings. The van der Waals surface area contributed by atoms with Gasteiger partial charge in [0, 0.05) is 24.8 Å². The first kappa shape index (κ1) is 18.9. The fraction of sp³-hybridized carbons (Fsp3) is 0.556. The summed E-state index contributed by atoms with van der Waals surface area (Å²) < 4.78 is 10.5. The first-order chi connectivity index (χ1) is 11.8. The molecule has 1 aliphatic heterocycles. The van der Waals surface area contributed by atoms with Gasteiger partial charge in [-0.1, -0.05) is 0 Å². The van der Waals surface area contributed by atoms with E-state index in [4.69, 9.17) is 9.47 Å². The van der Waals surface area contributed by atoms with Crippen molar-refractivity contribution in [3.8, 4) is 5.75 Å². The highest BCUT2D eigenvalue weighted by Gasteiger charge is 2.27. The monoisotopic (exact) mass is 349 g/mol. The van der Waals surface area contributed by atoms with Crippen LogP contribution in [-0.2, 0) is 4.74 Å². The Kier molecular flexibility index (Phi) is 6.12. The first-order valence-electron chi connectivity index (χ1n) is 8.46. The summed E-state index contributed by atoms with van der Waals surface area (Å²) in [6, 6.07) is 6.93. The van der Waals surface area contributed by atoms with Gasteiger partial charge in [-0.05, 0) is 57.9 Å². The maximum atomic E-state index is 12.1. The summed E-state index contributed by atoms with van der Waals surface area (Å²) in [5, 5.41) is 5.74. The minimum atomic E-state index is -0.496. The average molecular weight is 349 g/mol. The predicted octanol–water partition coefficient (Wildman–Crippen LogP) is 3.22. The van der Waals surface area contributed by atoms with E-state index in [1.165, 1.54) is 0 Å². The Bertz CT molecular complexity index is 587. The van der Waals surface area contributed by atoms with Gasteiger partial charge in [0.15, 0.2) is 0 Å². The molecule has 0 atom stereocenters. The van der Waals surface area contributed by atoms with Crippen LogP contribution < -0.4 is 15.4 Å². The van der Waals surface area contributed by atoms with E-state index in [0.29, 0.717) is 31.6 Å². The highest BCUT2D eigenvalue weighted by atomic mass is 16.6. The van der Waals surface area contributed by atoms with Crippen molar-refractivity contribution in [3.63, 3.8) is 0 Å². The van der Waals surface area contributed by atoms with Crippen molar-refractivity contribution in [1.82, 2.24) is 10.2 Å². The van der Waals surface area contributed by atoms with Gasteiger partial charge in [0.25, 0.3) is 0 Å². The quantitative estimate of drug-likeness (QED) is 0.878. The lowest BCUT2D eigenvalue weighted by Gasteiger charge is -2.33. The van der Waals surface area contributed by atoms with Crippen LogP contribution >= 0.6 is 0 Å². The summed E-state index contributed by atoms with van der Waals surface area (Å²) >= 11 is 0. The Morgan fingerprint density at radius 3 is 2.24 bits per heavy atom. The lowest BCUT2D eigenvalue weighted by atomic mass is 10.1. The number of carbonyl (C=O) groups is 2. The molecule has 0 saturated carbocycles. The smallest absolute Gasteiger partial charge is 0.410 e. The van der Waals surface area contributed by atoms with Gasteiger partial charge in [-0.2, -0.15) is 0 Å². The van der Waals surface area contributed by atoms with E-state index in [1.807, 2.05) is 20.8 Å². The molecule has 1 heterocycles. The fourth-order valence-corrected chi connectivity index (χ4v) is 2.56. The number of ether oxygens (including phenoxy) is 2. The van der Waals surface area contributed by atoms with Crippen LogP contribution in [0, 0.1) is 0 Å². The zero-order valence-electron chi connectivity index (χ0n) is 15.3. The van der Waals surface area contributed by atoms with E-state index in [-0.39, 0.29) is 18.2 Å². The Morgan fingerprint density at radius 1 is 1.12 bits per heavy atom. The number of nitrogens with one attached hydrogen (secondary N) is 2. The molecule has 0 unspecified atom stereocenters. The van der Waals surface area contributed by atoms with Crippen molar-refractivity contribution < 1.29 is 19.1 Å². The van der Waals surface area contributed by atoms with Crippen LogP contribution in [-0.4, -0.2) is 48.9 Å². The van der Waals surface area contributed by atoms with Gasteiger partial charge in [0.2, 0.25) is 0 Å². The van der Waals surface area contributed by atoms with Crippen LogP contribution in [0.1, 0.15) is 33.6 Å². The van der Waals surface area contributed by atoms with Crippen LogP contribution in [0.2, 0.25) is 0 Å². The molecule has 1 saturated heterocycles. The highest BCUT2D eigenvalue weighted by molar-refractivity contribution is 5.89. The number of piperidine rings is 1. The molecular formula is C18H27N3O4. The number of hydrogen-bond acceptors (Lipinski definition) is 4. The summed E-state index contributed by atoms with van der Waals surface area (Å²) in [7, 11) is 1.60. The number of carbonyl (C=O) groups excluding carboxylic acids is 2. The second kappa shape index (κ2) is 8.09. The number of nitrogens with zero attached hydrogens (tertiary/aromatic N) is 1. The molecule has 1 aliphatic rings. The number of likely N-dealkylation sites (tertiary alicyclic amines) is 1. The maximum Gasteiger partial charge on any atom is 0.410 e. The van der Waals surface area contributed by atoms with Gasteiger partial charge >= 0.3 is 12.1 Å². The predicted molar refractivity (Wildman–Crippen MR) is 96.0 cm³/mol. The molecule has 0 aromatic heterocycles. The standard InChI is InChI=1S/C18H27N3O4/c1-18(2,3)25-17(23)21-11-9-14(10-12-21)20-16(22)19-13-5-7-15(24-4)8-6-13/h5-8,14H,9-12H2,1-4H3,(H2,19,20,22). The minimum absolute atomic E-state index is 0.0388. The SMILES string of the molecule is COc1ccc(NC(=O)NC2CCN(C(=O)OC(C)(C)C)CC2)cc1. The first-order valence-corrected chi connectivity index (χ1v) is 8.46. The molecular weight excluding hydrogens is 322 g/mol. The molecule has 7 heteroatoms. The van der Waals surface area contributed by atoms with Gasteiger partial charge in [-0.3, -0.25) is 0 Å². The van der Waals surface area contributed by atoms with Crippen LogP contribution in [0.15, 0.2) is 24.3 Å². The van der Waals surface area contributed by atoms with Gasteiger partial charge in [0.1, 0.15) is 11.4 Å². The molecule has 0 spiro atoms. The van der Waals surface area contributed by atoms with Gasteiger partial charge in [-0.25, -0.2) is 9.59 Å². The molecule has 2 rings (SSSR count). The largest absolute Gasteiger partial charge is 0.497 e. The zero-order chi connectivity index (χ0) is 18.4. The minimum Gasteiger partial charge on any atom is -0.497 e. The number of rotatable bonds is 3. The van der Waals surface area contributed by atoms with Gasteiger partial charge in [-0.15, -0.1) is 0 Å².